The van der Waals surface area contributed by atoms with Crippen LogP contribution in [0.5, 0.6) is 5.88 Å². The molecule has 1 N–H and O–H groups in total. The average molecular weight is 273 g/mol. The van der Waals surface area contributed by atoms with Gasteiger partial charge in [0, 0.05) is 12.7 Å². The van der Waals surface area contributed by atoms with Crippen LogP contribution in [0.25, 0.3) is 0 Å². The molecule has 1 amide bonds. The Hall–Kier alpha value is -1.82. The van der Waals surface area contributed by atoms with Gasteiger partial charge < -0.3 is 14.8 Å². The molecular formula is C11H13ClN2O4. The van der Waals surface area contributed by atoms with Gasteiger partial charge in [-0.3, -0.25) is 9.59 Å². The van der Waals surface area contributed by atoms with Crippen LogP contribution in [0.3, 0.4) is 0 Å². The molecule has 6 nitrogen and oxygen atoms in total. The van der Waals surface area contributed by atoms with E-state index in [-0.39, 0.29) is 18.0 Å². The molecule has 18 heavy (non-hydrogen) atoms. The zero-order chi connectivity index (χ0) is 13.5. The van der Waals surface area contributed by atoms with Gasteiger partial charge in [-0.2, -0.15) is 0 Å². The summed E-state index contributed by atoms with van der Waals surface area (Å²) in [6.45, 7) is -0.0366. The molecule has 0 bridgehead atoms. The fraction of sp³-hybridized carbons (Fsp3) is 0.364. The summed E-state index contributed by atoms with van der Waals surface area (Å²) in [5.41, 5.74) is 0.272. The Bertz CT molecular complexity index is 439. The van der Waals surface area contributed by atoms with Crippen LogP contribution in [-0.2, 0) is 9.53 Å². The van der Waals surface area contributed by atoms with E-state index in [9.17, 15) is 9.59 Å². The summed E-state index contributed by atoms with van der Waals surface area (Å²) in [5, 5.41) is 1.57. The third-order valence-electron chi connectivity index (χ3n) is 2.11. The maximum absolute atomic E-state index is 11.8. The molecule has 0 aliphatic carbocycles. The van der Waals surface area contributed by atoms with E-state index in [0.717, 1.165) is 0 Å². The van der Waals surface area contributed by atoms with Gasteiger partial charge in [0.05, 0.1) is 14.2 Å². The Morgan fingerprint density at radius 2 is 2.22 bits per heavy atom. The Balaban J connectivity index is 2.63. The smallest absolute Gasteiger partial charge is 0.325 e. The first kappa shape index (κ1) is 14.2. The number of halogens is 1. The van der Waals surface area contributed by atoms with Crippen molar-refractivity contribution in [3.05, 3.63) is 23.9 Å². The van der Waals surface area contributed by atoms with Crippen molar-refractivity contribution in [2.45, 2.75) is 5.38 Å². The fourth-order valence-corrected chi connectivity index (χ4v) is 1.38. The van der Waals surface area contributed by atoms with Crippen LogP contribution in [-0.4, -0.2) is 43.0 Å². The lowest BCUT2D eigenvalue weighted by atomic mass is 10.2. The van der Waals surface area contributed by atoms with Crippen molar-refractivity contribution in [3.63, 3.8) is 0 Å². The number of aromatic nitrogens is 1. The van der Waals surface area contributed by atoms with E-state index in [1.165, 1.54) is 20.4 Å². The summed E-state index contributed by atoms with van der Waals surface area (Å²) in [4.78, 5) is 26.7. The molecule has 1 aromatic rings. The van der Waals surface area contributed by atoms with E-state index < -0.39 is 17.3 Å². The molecule has 1 heterocycles. The number of nitrogens with zero attached hydrogens (tertiary/aromatic N) is 1. The Morgan fingerprint density at radius 1 is 1.50 bits per heavy atom. The maximum atomic E-state index is 11.8. The first-order valence-electron chi connectivity index (χ1n) is 5.09. The summed E-state index contributed by atoms with van der Waals surface area (Å²) < 4.78 is 9.38. The molecule has 1 aromatic heterocycles. The minimum absolute atomic E-state index is 0.0366. The zero-order valence-electron chi connectivity index (χ0n) is 9.97. The van der Waals surface area contributed by atoms with Crippen LogP contribution in [0.2, 0.25) is 0 Å². The highest BCUT2D eigenvalue weighted by molar-refractivity contribution is 6.30. The Kier molecular flexibility index (Phi) is 5.38. The number of ether oxygens (including phenoxy) is 2. The molecule has 1 unspecified atom stereocenters. The number of methoxy groups -OCH3 is 2. The van der Waals surface area contributed by atoms with Gasteiger partial charge >= 0.3 is 5.97 Å². The van der Waals surface area contributed by atoms with Gasteiger partial charge in [0.1, 0.15) is 10.9 Å². The third kappa shape index (κ3) is 3.59. The van der Waals surface area contributed by atoms with Crippen LogP contribution < -0.4 is 10.1 Å². The minimum atomic E-state index is -0.929. The van der Waals surface area contributed by atoms with Gasteiger partial charge in [0.15, 0.2) is 0 Å². The molecular weight excluding hydrogens is 260 g/mol. The Labute approximate surface area is 109 Å². The predicted molar refractivity (Wildman–Crippen MR) is 64.8 cm³/mol. The largest absolute Gasteiger partial charge is 0.480 e. The Morgan fingerprint density at radius 3 is 2.83 bits per heavy atom. The summed E-state index contributed by atoms with van der Waals surface area (Å²) in [5.74, 6) is -0.816. The van der Waals surface area contributed by atoms with Gasteiger partial charge in [-0.1, -0.05) is 0 Å². The maximum Gasteiger partial charge on any atom is 0.325 e. The van der Waals surface area contributed by atoms with Gasteiger partial charge in [-0.15, -0.1) is 11.6 Å². The van der Waals surface area contributed by atoms with Crippen molar-refractivity contribution in [1.29, 1.82) is 0 Å². The van der Waals surface area contributed by atoms with Crippen molar-refractivity contribution >= 4 is 23.5 Å². The second-order valence-electron chi connectivity index (χ2n) is 3.26. The van der Waals surface area contributed by atoms with Gasteiger partial charge in [0.25, 0.3) is 5.91 Å². The number of alkyl halides is 1. The molecule has 0 fully saturated rings. The number of carbonyl (C=O) groups is 2. The molecule has 0 spiro atoms. The van der Waals surface area contributed by atoms with E-state index in [0.29, 0.717) is 0 Å². The van der Waals surface area contributed by atoms with E-state index in [1.807, 2.05) is 0 Å². The second-order valence-corrected chi connectivity index (χ2v) is 3.79. The first-order valence-corrected chi connectivity index (χ1v) is 5.53. The number of carbonyl (C=O) groups excluding carboxylic acids is 2. The topological polar surface area (TPSA) is 77.5 Å². The lowest BCUT2D eigenvalue weighted by Crippen LogP contribution is -2.34. The molecule has 0 saturated heterocycles. The standard InChI is InChI=1S/C11H13ClN2O4/c1-17-10-7(4-3-5-13-10)9(15)14-6-8(12)11(16)18-2/h3-5,8H,6H2,1-2H3,(H,14,15). The number of pyridine rings is 1. The summed E-state index contributed by atoms with van der Waals surface area (Å²) in [6, 6.07) is 3.17. The number of esters is 1. The number of hydrogen-bond donors (Lipinski definition) is 1. The van der Waals surface area contributed by atoms with E-state index >= 15 is 0 Å². The zero-order valence-corrected chi connectivity index (χ0v) is 10.7. The van der Waals surface area contributed by atoms with E-state index in [1.54, 1.807) is 12.1 Å². The van der Waals surface area contributed by atoms with Crippen LogP contribution in [0.1, 0.15) is 10.4 Å². The third-order valence-corrected chi connectivity index (χ3v) is 2.44. The molecule has 7 heteroatoms. The van der Waals surface area contributed by atoms with Gasteiger partial charge in [-0.05, 0) is 12.1 Å². The fourth-order valence-electron chi connectivity index (χ4n) is 1.22. The van der Waals surface area contributed by atoms with Crippen molar-refractivity contribution in [2.75, 3.05) is 20.8 Å². The lowest BCUT2D eigenvalue weighted by Gasteiger charge is -2.10. The summed E-state index contributed by atoms with van der Waals surface area (Å²) >= 11 is 5.70. The monoisotopic (exact) mass is 272 g/mol. The van der Waals surface area contributed by atoms with Crippen LogP contribution in [0.15, 0.2) is 18.3 Å². The quantitative estimate of drug-likeness (QED) is 0.627. The second kappa shape index (κ2) is 6.80. The highest BCUT2D eigenvalue weighted by Gasteiger charge is 2.18. The van der Waals surface area contributed by atoms with Crippen molar-refractivity contribution in [3.8, 4) is 5.88 Å². The first-order chi connectivity index (χ1) is 8.60. The van der Waals surface area contributed by atoms with Crippen molar-refractivity contribution in [2.24, 2.45) is 0 Å². The number of amides is 1. The molecule has 0 aliphatic rings. The average Bonchev–Trinajstić information content (AvgIpc) is 2.43. The van der Waals surface area contributed by atoms with Crippen molar-refractivity contribution < 1.29 is 19.1 Å². The van der Waals surface area contributed by atoms with E-state index in [4.69, 9.17) is 16.3 Å². The van der Waals surface area contributed by atoms with E-state index in [2.05, 4.69) is 15.0 Å². The minimum Gasteiger partial charge on any atom is -0.480 e. The molecule has 0 aromatic carbocycles. The van der Waals surface area contributed by atoms with Crippen LogP contribution in [0.4, 0.5) is 0 Å². The van der Waals surface area contributed by atoms with Gasteiger partial charge in [0.2, 0.25) is 5.88 Å². The molecule has 1 atom stereocenters. The molecule has 0 radical (unpaired) electrons. The van der Waals surface area contributed by atoms with Crippen LogP contribution >= 0.6 is 11.6 Å². The predicted octanol–water partition coefficient (Wildman–Crippen LogP) is 0.600. The van der Waals surface area contributed by atoms with Crippen LogP contribution in [0, 0.1) is 0 Å². The molecule has 0 saturated carbocycles. The number of hydrogen-bond acceptors (Lipinski definition) is 5. The SMILES string of the molecule is COC(=O)C(Cl)CNC(=O)c1cccnc1OC. The highest BCUT2D eigenvalue weighted by atomic mass is 35.5. The lowest BCUT2D eigenvalue weighted by molar-refractivity contribution is -0.140. The molecule has 98 valence electrons. The summed E-state index contributed by atoms with van der Waals surface area (Å²) in [6.07, 6.45) is 1.51. The molecule has 1 rings (SSSR count). The summed E-state index contributed by atoms with van der Waals surface area (Å²) in [7, 11) is 2.64. The van der Waals surface area contributed by atoms with Gasteiger partial charge in [-0.25, -0.2) is 4.98 Å². The normalized spacial score (nSPS) is 11.5. The number of rotatable bonds is 5. The van der Waals surface area contributed by atoms with Crippen molar-refractivity contribution in [1.82, 2.24) is 10.3 Å². The highest BCUT2D eigenvalue weighted by Crippen LogP contribution is 2.13. The molecule has 0 aliphatic heterocycles. The number of nitrogens with one attached hydrogen (secondary N) is 1.